The molecule has 1 amide bonds. The second kappa shape index (κ2) is 6.05. The predicted molar refractivity (Wildman–Crippen MR) is 98.5 cm³/mol. The zero-order valence-corrected chi connectivity index (χ0v) is 14.7. The number of hydrogen-bond acceptors (Lipinski definition) is 5. The highest BCUT2D eigenvalue weighted by Crippen LogP contribution is 2.36. The molecule has 0 aliphatic carbocycles. The van der Waals surface area contributed by atoms with Gasteiger partial charge in [-0.25, -0.2) is 0 Å². The lowest BCUT2D eigenvalue weighted by Crippen LogP contribution is -2.29. The summed E-state index contributed by atoms with van der Waals surface area (Å²) >= 11 is 0. The standard InChI is InChI=1S/C20H17N3O4/c1-25-14-3-4-17-13(8-14)6-7-23(17)20(24)16-10-15(21-22-16)12-2-5-18-19(9-12)27-11-26-18/h2-5,8-10H,6-7,11H2,1H3,(H,21,22). The van der Waals surface area contributed by atoms with Crippen LogP contribution in [-0.2, 0) is 6.42 Å². The van der Waals surface area contributed by atoms with Crippen LogP contribution in [0, 0.1) is 0 Å². The maximum atomic E-state index is 13.0. The Morgan fingerprint density at radius 2 is 2.04 bits per heavy atom. The van der Waals surface area contributed by atoms with Gasteiger partial charge in [-0.05, 0) is 54.4 Å². The summed E-state index contributed by atoms with van der Waals surface area (Å²) in [6.07, 6.45) is 0.807. The average molecular weight is 363 g/mol. The fourth-order valence-corrected chi connectivity index (χ4v) is 3.50. The van der Waals surface area contributed by atoms with E-state index in [0.717, 1.165) is 34.7 Å². The Morgan fingerprint density at radius 3 is 2.93 bits per heavy atom. The van der Waals surface area contributed by atoms with E-state index in [1.807, 2.05) is 36.4 Å². The lowest BCUT2D eigenvalue weighted by atomic mass is 10.1. The zero-order chi connectivity index (χ0) is 18.4. The Kier molecular flexibility index (Phi) is 3.53. The second-order valence-electron chi connectivity index (χ2n) is 6.44. The van der Waals surface area contributed by atoms with Crippen LogP contribution in [-0.4, -0.2) is 36.6 Å². The van der Waals surface area contributed by atoms with Crippen LogP contribution < -0.4 is 19.1 Å². The monoisotopic (exact) mass is 363 g/mol. The molecule has 0 radical (unpaired) electrons. The van der Waals surface area contributed by atoms with Crippen molar-refractivity contribution in [3.8, 4) is 28.5 Å². The van der Waals surface area contributed by atoms with Crippen LogP contribution in [0.5, 0.6) is 17.2 Å². The number of carbonyl (C=O) groups is 1. The fraction of sp³-hybridized carbons (Fsp3) is 0.200. The molecule has 0 spiro atoms. The number of nitrogens with zero attached hydrogens (tertiary/aromatic N) is 2. The number of carbonyl (C=O) groups excluding carboxylic acids is 1. The number of ether oxygens (including phenoxy) is 3. The first-order valence-corrected chi connectivity index (χ1v) is 8.67. The number of H-pyrrole nitrogens is 1. The molecule has 1 aromatic heterocycles. The van der Waals surface area contributed by atoms with E-state index in [0.29, 0.717) is 23.7 Å². The van der Waals surface area contributed by atoms with Gasteiger partial charge >= 0.3 is 0 Å². The number of aromatic amines is 1. The zero-order valence-electron chi connectivity index (χ0n) is 14.7. The third kappa shape index (κ3) is 2.59. The number of aromatic nitrogens is 2. The Balaban J connectivity index is 1.42. The molecule has 1 N–H and O–H groups in total. The smallest absolute Gasteiger partial charge is 0.276 e. The minimum absolute atomic E-state index is 0.0987. The summed E-state index contributed by atoms with van der Waals surface area (Å²) < 4.78 is 16.0. The third-order valence-corrected chi connectivity index (χ3v) is 4.90. The summed E-state index contributed by atoms with van der Waals surface area (Å²) in [4.78, 5) is 14.7. The van der Waals surface area contributed by atoms with E-state index < -0.39 is 0 Å². The van der Waals surface area contributed by atoms with Crippen molar-refractivity contribution in [2.75, 3.05) is 25.3 Å². The minimum Gasteiger partial charge on any atom is -0.497 e. The van der Waals surface area contributed by atoms with Gasteiger partial charge in [-0.1, -0.05) is 0 Å². The van der Waals surface area contributed by atoms with Gasteiger partial charge in [-0.3, -0.25) is 9.89 Å². The summed E-state index contributed by atoms with van der Waals surface area (Å²) in [5.74, 6) is 2.11. The van der Waals surface area contributed by atoms with Crippen LogP contribution in [0.3, 0.4) is 0 Å². The van der Waals surface area contributed by atoms with Crippen molar-refractivity contribution in [1.82, 2.24) is 10.2 Å². The highest BCUT2D eigenvalue weighted by atomic mass is 16.7. The van der Waals surface area contributed by atoms with E-state index in [4.69, 9.17) is 14.2 Å². The number of hydrogen-bond donors (Lipinski definition) is 1. The first-order chi connectivity index (χ1) is 13.2. The maximum absolute atomic E-state index is 13.0. The Labute approximate surface area is 155 Å². The van der Waals surface area contributed by atoms with E-state index in [-0.39, 0.29) is 12.7 Å². The molecule has 0 saturated heterocycles. The molecule has 27 heavy (non-hydrogen) atoms. The lowest BCUT2D eigenvalue weighted by molar-refractivity contribution is 0.0984. The number of methoxy groups -OCH3 is 1. The molecule has 0 bridgehead atoms. The van der Waals surface area contributed by atoms with E-state index >= 15 is 0 Å². The Bertz CT molecular complexity index is 1040. The number of nitrogens with one attached hydrogen (secondary N) is 1. The fourth-order valence-electron chi connectivity index (χ4n) is 3.50. The van der Waals surface area contributed by atoms with Crippen LogP contribution in [0.2, 0.25) is 0 Å². The van der Waals surface area contributed by atoms with E-state index in [9.17, 15) is 4.79 Å². The lowest BCUT2D eigenvalue weighted by Gasteiger charge is -2.16. The number of benzene rings is 2. The second-order valence-corrected chi connectivity index (χ2v) is 6.44. The Hall–Kier alpha value is -3.48. The van der Waals surface area contributed by atoms with Crippen molar-refractivity contribution in [2.45, 2.75) is 6.42 Å². The van der Waals surface area contributed by atoms with Crippen molar-refractivity contribution >= 4 is 11.6 Å². The van der Waals surface area contributed by atoms with E-state index in [2.05, 4.69) is 10.2 Å². The van der Waals surface area contributed by atoms with Gasteiger partial charge < -0.3 is 19.1 Å². The molecule has 0 fully saturated rings. The SMILES string of the molecule is COc1ccc2c(c1)CCN2C(=O)c1cc(-c2ccc3c(c2)OCO3)n[nH]1. The van der Waals surface area contributed by atoms with Gasteiger partial charge in [0.05, 0.1) is 12.8 Å². The van der Waals surface area contributed by atoms with Gasteiger partial charge in [0.1, 0.15) is 11.4 Å². The van der Waals surface area contributed by atoms with Crippen LogP contribution in [0.1, 0.15) is 16.1 Å². The third-order valence-electron chi connectivity index (χ3n) is 4.90. The maximum Gasteiger partial charge on any atom is 0.276 e. The average Bonchev–Trinajstić information content (AvgIpc) is 3.45. The van der Waals surface area contributed by atoms with E-state index in [1.54, 1.807) is 18.1 Å². The van der Waals surface area contributed by atoms with Gasteiger partial charge in [0.15, 0.2) is 11.5 Å². The molecular weight excluding hydrogens is 346 g/mol. The van der Waals surface area contributed by atoms with Crippen LogP contribution >= 0.6 is 0 Å². The van der Waals surface area contributed by atoms with Gasteiger partial charge in [-0.15, -0.1) is 0 Å². The molecule has 3 aromatic rings. The molecule has 0 saturated carbocycles. The number of fused-ring (bicyclic) bond motifs is 2. The molecule has 7 nitrogen and oxygen atoms in total. The molecule has 2 aromatic carbocycles. The van der Waals surface area contributed by atoms with E-state index in [1.165, 1.54) is 0 Å². The molecule has 5 rings (SSSR count). The summed E-state index contributed by atoms with van der Waals surface area (Å²) in [6, 6.07) is 13.1. The molecule has 0 atom stereocenters. The first-order valence-electron chi connectivity index (χ1n) is 8.67. The van der Waals surface area contributed by atoms with Gasteiger partial charge in [-0.2, -0.15) is 5.10 Å². The highest BCUT2D eigenvalue weighted by molar-refractivity contribution is 6.06. The van der Waals surface area contributed by atoms with Crippen molar-refractivity contribution in [2.24, 2.45) is 0 Å². The van der Waals surface area contributed by atoms with Crippen molar-refractivity contribution < 1.29 is 19.0 Å². The highest BCUT2D eigenvalue weighted by Gasteiger charge is 2.27. The molecule has 136 valence electrons. The summed E-state index contributed by atoms with van der Waals surface area (Å²) in [5, 5.41) is 7.16. The summed E-state index contributed by atoms with van der Waals surface area (Å²) in [5.41, 5.74) is 4.02. The predicted octanol–water partition coefficient (Wildman–Crippen LogP) is 3.02. The molecular formula is C20H17N3O4. The van der Waals surface area contributed by atoms with Crippen molar-refractivity contribution in [3.05, 3.63) is 53.7 Å². The number of anilines is 1. The first kappa shape index (κ1) is 15.7. The molecule has 2 aliphatic heterocycles. The van der Waals surface area contributed by atoms with Crippen molar-refractivity contribution in [1.29, 1.82) is 0 Å². The molecule has 0 unspecified atom stereocenters. The van der Waals surface area contributed by atoms with Crippen LogP contribution in [0.15, 0.2) is 42.5 Å². The normalized spacial score (nSPS) is 14.3. The van der Waals surface area contributed by atoms with Gasteiger partial charge in [0.2, 0.25) is 6.79 Å². The van der Waals surface area contributed by atoms with Crippen LogP contribution in [0.25, 0.3) is 11.3 Å². The topological polar surface area (TPSA) is 76.7 Å². The van der Waals surface area contributed by atoms with Crippen molar-refractivity contribution in [3.63, 3.8) is 0 Å². The largest absolute Gasteiger partial charge is 0.497 e. The molecule has 7 heteroatoms. The van der Waals surface area contributed by atoms with Gasteiger partial charge in [0, 0.05) is 17.8 Å². The summed E-state index contributed by atoms with van der Waals surface area (Å²) in [6.45, 7) is 0.863. The minimum atomic E-state index is -0.0987. The number of amides is 1. The quantitative estimate of drug-likeness (QED) is 0.774. The van der Waals surface area contributed by atoms with Gasteiger partial charge in [0.25, 0.3) is 5.91 Å². The van der Waals surface area contributed by atoms with Crippen LogP contribution in [0.4, 0.5) is 5.69 Å². The Morgan fingerprint density at radius 1 is 1.15 bits per heavy atom. The molecule has 2 aliphatic rings. The summed E-state index contributed by atoms with van der Waals surface area (Å²) in [7, 11) is 1.64. The molecule has 3 heterocycles. The number of rotatable bonds is 3.